The van der Waals surface area contributed by atoms with Gasteiger partial charge in [0.1, 0.15) is 5.82 Å². The van der Waals surface area contributed by atoms with Gasteiger partial charge < -0.3 is 9.47 Å². The van der Waals surface area contributed by atoms with Gasteiger partial charge in [-0.1, -0.05) is 45.0 Å². The standard InChI is InChI=1S/C19H25N3O/c1-19(2,3)16-7-4-15(5-8-16)6-9-18(23)22-13-12-21-11-10-20-17(21)14-22/h4-5,7-8,10-11H,6,9,12-14H2,1-3H3. The van der Waals surface area contributed by atoms with Crippen molar-refractivity contribution >= 4 is 5.91 Å². The molecule has 3 rings (SSSR count). The Balaban J connectivity index is 1.55. The average Bonchev–Trinajstić information content (AvgIpc) is 2.99. The van der Waals surface area contributed by atoms with Crippen LogP contribution in [0.5, 0.6) is 0 Å². The monoisotopic (exact) mass is 311 g/mol. The minimum atomic E-state index is 0.171. The molecule has 0 atom stereocenters. The molecule has 0 spiro atoms. The average molecular weight is 311 g/mol. The molecule has 0 fully saturated rings. The van der Waals surface area contributed by atoms with Crippen LogP contribution < -0.4 is 0 Å². The number of carbonyl (C=O) groups excluding carboxylic acids is 1. The molecule has 0 N–H and O–H groups in total. The first-order valence-electron chi connectivity index (χ1n) is 8.31. The van der Waals surface area contributed by atoms with Crippen LogP contribution in [-0.4, -0.2) is 26.9 Å². The third-order valence-electron chi connectivity index (χ3n) is 4.55. The maximum atomic E-state index is 12.4. The molecule has 1 aromatic carbocycles. The van der Waals surface area contributed by atoms with E-state index >= 15 is 0 Å². The molecule has 1 aromatic heterocycles. The van der Waals surface area contributed by atoms with Crippen LogP contribution in [0.1, 0.15) is 44.1 Å². The van der Waals surface area contributed by atoms with Crippen LogP contribution in [0, 0.1) is 0 Å². The van der Waals surface area contributed by atoms with Crippen LogP contribution in [0.3, 0.4) is 0 Å². The Hall–Kier alpha value is -2.10. The van der Waals surface area contributed by atoms with Gasteiger partial charge >= 0.3 is 0 Å². The fourth-order valence-electron chi connectivity index (χ4n) is 2.97. The summed E-state index contributed by atoms with van der Waals surface area (Å²) in [6, 6.07) is 8.66. The molecule has 2 heterocycles. The zero-order valence-corrected chi connectivity index (χ0v) is 14.2. The number of nitrogens with zero attached hydrogens (tertiary/aromatic N) is 3. The lowest BCUT2D eigenvalue weighted by Crippen LogP contribution is -2.38. The van der Waals surface area contributed by atoms with Crippen molar-refractivity contribution in [1.82, 2.24) is 14.5 Å². The molecule has 0 saturated carbocycles. The van der Waals surface area contributed by atoms with Crippen molar-refractivity contribution in [2.24, 2.45) is 0 Å². The molecular weight excluding hydrogens is 286 g/mol. The summed E-state index contributed by atoms with van der Waals surface area (Å²) in [6.45, 7) is 8.91. The Morgan fingerprint density at radius 1 is 1.17 bits per heavy atom. The lowest BCUT2D eigenvalue weighted by molar-refractivity contribution is -0.132. The summed E-state index contributed by atoms with van der Waals surface area (Å²) in [5, 5.41) is 0. The normalized spacial score (nSPS) is 14.7. The second-order valence-corrected chi connectivity index (χ2v) is 7.30. The van der Waals surface area contributed by atoms with E-state index in [4.69, 9.17) is 0 Å². The van der Waals surface area contributed by atoms with E-state index in [2.05, 4.69) is 54.6 Å². The second kappa shape index (κ2) is 6.19. The molecule has 4 heteroatoms. The lowest BCUT2D eigenvalue weighted by atomic mass is 9.86. The first-order valence-corrected chi connectivity index (χ1v) is 8.31. The van der Waals surface area contributed by atoms with Gasteiger partial charge in [0.05, 0.1) is 6.54 Å². The number of imidazole rings is 1. The van der Waals surface area contributed by atoms with Crippen molar-refractivity contribution in [3.05, 3.63) is 53.6 Å². The number of benzene rings is 1. The maximum Gasteiger partial charge on any atom is 0.223 e. The van der Waals surface area contributed by atoms with E-state index in [1.54, 1.807) is 6.20 Å². The van der Waals surface area contributed by atoms with Gasteiger partial charge in [0.15, 0.2) is 0 Å². The first kappa shape index (κ1) is 15.8. The summed E-state index contributed by atoms with van der Waals surface area (Å²) >= 11 is 0. The molecule has 0 aliphatic carbocycles. The van der Waals surface area contributed by atoms with Gasteiger partial charge in [-0.2, -0.15) is 0 Å². The Morgan fingerprint density at radius 2 is 1.91 bits per heavy atom. The molecule has 1 amide bonds. The SMILES string of the molecule is CC(C)(C)c1ccc(CCC(=O)N2CCn3ccnc3C2)cc1. The smallest absolute Gasteiger partial charge is 0.223 e. The van der Waals surface area contributed by atoms with Gasteiger partial charge in [-0.25, -0.2) is 4.98 Å². The maximum absolute atomic E-state index is 12.4. The number of amides is 1. The predicted octanol–water partition coefficient (Wildman–Crippen LogP) is 3.16. The highest BCUT2D eigenvalue weighted by molar-refractivity contribution is 5.76. The highest BCUT2D eigenvalue weighted by Gasteiger charge is 2.20. The molecule has 122 valence electrons. The molecule has 0 unspecified atom stereocenters. The molecule has 23 heavy (non-hydrogen) atoms. The molecule has 2 aromatic rings. The largest absolute Gasteiger partial charge is 0.333 e. The fraction of sp³-hybridized carbons (Fsp3) is 0.474. The van der Waals surface area contributed by atoms with Crippen LogP contribution in [0.4, 0.5) is 0 Å². The third-order valence-corrected chi connectivity index (χ3v) is 4.55. The Kier molecular flexibility index (Phi) is 4.24. The number of hydrogen-bond acceptors (Lipinski definition) is 2. The summed E-state index contributed by atoms with van der Waals surface area (Å²) in [5.41, 5.74) is 2.73. The Labute approximate surface area is 138 Å². The molecule has 1 aliphatic heterocycles. The van der Waals surface area contributed by atoms with Crippen LogP contribution in [0.2, 0.25) is 0 Å². The van der Waals surface area contributed by atoms with Crippen molar-refractivity contribution < 1.29 is 4.79 Å². The van der Waals surface area contributed by atoms with E-state index in [1.807, 2.05) is 11.1 Å². The van der Waals surface area contributed by atoms with Crippen molar-refractivity contribution in [3.8, 4) is 0 Å². The number of hydrogen-bond donors (Lipinski definition) is 0. The molecule has 0 saturated heterocycles. The van der Waals surface area contributed by atoms with Crippen LogP contribution >= 0.6 is 0 Å². The van der Waals surface area contributed by atoms with Crippen LogP contribution in [0.15, 0.2) is 36.7 Å². The van der Waals surface area contributed by atoms with E-state index in [0.29, 0.717) is 13.0 Å². The quantitative estimate of drug-likeness (QED) is 0.873. The molecule has 1 aliphatic rings. The van der Waals surface area contributed by atoms with E-state index in [-0.39, 0.29) is 11.3 Å². The van der Waals surface area contributed by atoms with E-state index in [1.165, 1.54) is 11.1 Å². The van der Waals surface area contributed by atoms with Gasteiger partial charge in [-0.3, -0.25) is 4.79 Å². The number of aromatic nitrogens is 2. The Morgan fingerprint density at radius 3 is 2.61 bits per heavy atom. The second-order valence-electron chi connectivity index (χ2n) is 7.30. The minimum absolute atomic E-state index is 0.171. The summed E-state index contributed by atoms with van der Waals surface area (Å²) in [6.07, 6.45) is 5.15. The van der Waals surface area contributed by atoms with Crippen LogP contribution in [-0.2, 0) is 29.7 Å². The zero-order valence-electron chi connectivity index (χ0n) is 14.2. The number of fused-ring (bicyclic) bond motifs is 1. The number of rotatable bonds is 3. The molecule has 0 bridgehead atoms. The molecular formula is C19H25N3O. The lowest BCUT2D eigenvalue weighted by Gasteiger charge is -2.27. The highest BCUT2D eigenvalue weighted by atomic mass is 16.2. The third kappa shape index (κ3) is 3.63. The van der Waals surface area contributed by atoms with E-state index in [0.717, 1.165) is 25.3 Å². The summed E-state index contributed by atoms with van der Waals surface area (Å²) in [7, 11) is 0. The Bertz CT molecular complexity index is 679. The summed E-state index contributed by atoms with van der Waals surface area (Å²) < 4.78 is 2.12. The van der Waals surface area contributed by atoms with E-state index < -0.39 is 0 Å². The fourth-order valence-corrected chi connectivity index (χ4v) is 2.97. The zero-order chi connectivity index (χ0) is 16.4. The van der Waals surface area contributed by atoms with Crippen molar-refractivity contribution in [3.63, 3.8) is 0 Å². The number of carbonyl (C=O) groups is 1. The summed E-state index contributed by atoms with van der Waals surface area (Å²) in [5.74, 6) is 1.21. The molecule has 0 radical (unpaired) electrons. The van der Waals surface area contributed by atoms with Crippen LogP contribution in [0.25, 0.3) is 0 Å². The van der Waals surface area contributed by atoms with Crippen molar-refractivity contribution in [2.75, 3.05) is 6.54 Å². The van der Waals surface area contributed by atoms with Gasteiger partial charge in [0.25, 0.3) is 0 Å². The summed E-state index contributed by atoms with van der Waals surface area (Å²) in [4.78, 5) is 18.7. The van der Waals surface area contributed by atoms with Crippen molar-refractivity contribution in [2.45, 2.75) is 52.1 Å². The van der Waals surface area contributed by atoms with Gasteiger partial charge in [0.2, 0.25) is 5.91 Å². The van der Waals surface area contributed by atoms with Crippen molar-refractivity contribution in [1.29, 1.82) is 0 Å². The van der Waals surface area contributed by atoms with E-state index in [9.17, 15) is 4.79 Å². The molecule has 4 nitrogen and oxygen atoms in total. The minimum Gasteiger partial charge on any atom is -0.333 e. The van der Waals surface area contributed by atoms with Gasteiger partial charge in [0, 0.05) is 31.9 Å². The first-order chi connectivity index (χ1) is 10.9. The predicted molar refractivity (Wildman–Crippen MR) is 91.1 cm³/mol. The highest BCUT2D eigenvalue weighted by Crippen LogP contribution is 2.22. The van der Waals surface area contributed by atoms with Gasteiger partial charge in [-0.05, 0) is 23.0 Å². The topological polar surface area (TPSA) is 38.1 Å². The number of aryl methyl sites for hydroxylation is 1. The van der Waals surface area contributed by atoms with Gasteiger partial charge in [-0.15, -0.1) is 0 Å².